The Morgan fingerprint density at radius 3 is 0.784 bits per heavy atom. The van der Waals surface area contributed by atoms with Crippen LogP contribution in [0.15, 0.2) is 407 Å². The molecule has 22 aromatic rings. The summed E-state index contributed by atoms with van der Waals surface area (Å²) in [5.74, 6) is 1.47. The normalized spacial score (nSPS) is 11.3. The van der Waals surface area contributed by atoms with Gasteiger partial charge in [0.25, 0.3) is 0 Å². The van der Waals surface area contributed by atoms with E-state index in [-0.39, 0.29) is 0 Å². The van der Waals surface area contributed by atoms with Crippen molar-refractivity contribution in [3.63, 3.8) is 0 Å². The van der Waals surface area contributed by atoms with Crippen LogP contribution in [0, 0.1) is 22.7 Å². The van der Waals surface area contributed by atoms with Gasteiger partial charge < -0.3 is 18.3 Å². The number of benzene rings is 15. The average molecular weight is 1480 g/mol. The lowest BCUT2D eigenvalue weighted by atomic mass is 9.95. The number of fused-ring (bicyclic) bond motifs is 12. The quantitative estimate of drug-likeness (QED) is 0.126. The summed E-state index contributed by atoms with van der Waals surface area (Å²) in [6.45, 7) is 0. The number of aromatic nitrogens is 9. The van der Waals surface area contributed by atoms with E-state index in [0.717, 1.165) is 118 Å². The number of para-hydroxylation sites is 8. The van der Waals surface area contributed by atoms with Gasteiger partial charge in [-0.1, -0.05) is 249 Å². The molecule has 0 atom stereocenters. The Kier molecular flexibility index (Phi) is 17.8. The molecular weight excluding hydrogens is 1420 g/mol. The molecular formula is C105H67N11. The van der Waals surface area contributed by atoms with Crippen molar-refractivity contribution in [2.24, 2.45) is 0 Å². The van der Waals surface area contributed by atoms with Gasteiger partial charge in [0, 0.05) is 130 Å². The first-order chi connectivity index (χ1) is 57.4. The molecule has 0 amide bonds. The van der Waals surface area contributed by atoms with Crippen molar-refractivity contribution in [1.29, 1.82) is 10.5 Å². The molecule has 116 heavy (non-hydrogen) atoms. The molecule has 11 nitrogen and oxygen atoms in total. The summed E-state index contributed by atoms with van der Waals surface area (Å²) in [5, 5.41) is 29.7. The lowest BCUT2D eigenvalue weighted by Crippen LogP contribution is -1.97. The van der Waals surface area contributed by atoms with Crippen molar-refractivity contribution in [3.05, 3.63) is 418 Å². The molecule has 0 aliphatic heterocycles. The van der Waals surface area contributed by atoms with Crippen LogP contribution in [-0.2, 0) is 0 Å². The largest absolute Gasteiger partial charge is 0.309 e. The van der Waals surface area contributed by atoms with Crippen LogP contribution < -0.4 is 0 Å². The van der Waals surface area contributed by atoms with E-state index in [9.17, 15) is 10.5 Å². The molecule has 11 heteroatoms. The van der Waals surface area contributed by atoms with Gasteiger partial charge in [-0.2, -0.15) is 10.5 Å². The average Bonchev–Trinajstić information content (AvgIpc) is 1.61. The number of pyridine rings is 1. The van der Waals surface area contributed by atoms with E-state index in [1.807, 2.05) is 85.5 Å². The van der Waals surface area contributed by atoms with E-state index in [1.54, 1.807) is 6.07 Å². The molecule has 0 aliphatic rings. The fourth-order valence-corrected chi connectivity index (χ4v) is 16.4. The highest BCUT2D eigenvalue weighted by atomic mass is 15.0. The molecule has 15 aromatic carbocycles. The second-order valence-electron chi connectivity index (χ2n) is 28.6. The minimum atomic E-state index is 0.416. The van der Waals surface area contributed by atoms with Gasteiger partial charge >= 0.3 is 0 Å². The first-order valence-electron chi connectivity index (χ1n) is 38.5. The van der Waals surface area contributed by atoms with Gasteiger partial charge in [-0.05, 0) is 150 Å². The third-order valence-corrected chi connectivity index (χ3v) is 21.8. The third-order valence-electron chi connectivity index (χ3n) is 21.8. The van der Waals surface area contributed by atoms with Crippen molar-refractivity contribution < 1.29 is 0 Å². The summed E-state index contributed by atoms with van der Waals surface area (Å²) in [6.07, 6.45) is 7.56. The minimum absolute atomic E-state index is 0.416. The zero-order chi connectivity index (χ0) is 77.4. The summed E-state index contributed by atoms with van der Waals surface area (Å²) >= 11 is 0. The van der Waals surface area contributed by atoms with Crippen LogP contribution in [0.3, 0.4) is 0 Å². The number of hydrogen-bond acceptors (Lipinski definition) is 7. The minimum Gasteiger partial charge on any atom is -0.309 e. The Bertz CT molecular complexity index is 7060. The Morgan fingerprint density at radius 1 is 0.207 bits per heavy atom. The molecule has 0 radical (unpaired) electrons. The van der Waals surface area contributed by atoms with Crippen molar-refractivity contribution in [3.8, 4) is 114 Å². The second kappa shape index (κ2) is 29.9. The highest BCUT2D eigenvalue weighted by Crippen LogP contribution is 2.41. The Balaban J connectivity index is 0.000000120. The summed E-state index contributed by atoms with van der Waals surface area (Å²) in [7, 11) is 0. The van der Waals surface area contributed by atoms with E-state index >= 15 is 0 Å². The number of hydrogen-bond donors (Lipinski definition) is 0. The Hall–Kier alpha value is -16.2. The zero-order valence-electron chi connectivity index (χ0n) is 62.6. The molecule has 0 bridgehead atoms. The molecule has 22 rings (SSSR count). The maximum atomic E-state index is 9.87. The number of rotatable bonds is 11. The van der Waals surface area contributed by atoms with Gasteiger partial charge in [-0.25, -0.2) is 24.9 Å². The lowest BCUT2D eigenvalue weighted by Gasteiger charge is -2.14. The molecule has 0 fully saturated rings. The van der Waals surface area contributed by atoms with E-state index < -0.39 is 0 Å². The van der Waals surface area contributed by atoms with Gasteiger partial charge in [0.1, 0.15) is 0 Å². The fraction of sp³-hybridized carbons (Fsp3) is 0. The van der Waals surface area contributed by atoms with Gasteiger partial charge in [0.05, 0.1) is 78.8 Å². The van der Waals surface area contributed by atoms with Crippen LogP contribution in [0.5, 0.6) is 0 Å². The van der Waals surface area contributed by atoms with Crippen molar-refractivity contribution in [2.45, 2.75) is 0 Å². The van der Waals surface area contributed by atoms with Crippen LogP contribution in [-0.4, -0.2) is 43.2 Å². The number of nitrogens with zero attached hydrogens (tertiary/aromatic N) is 11. The molecule has 7 aromatic heterocycles. The zero-order valence-corrected chi connectivity index (χ0v) is 62.6. The lowest BCUT2D eigenvalue weighted by molar-refractivity contribution is 1.16. The highest BCUT2D eigenvalue weighted by molar-refractivity contribution is 6.12. The Labute approximate surface area is 668 Å². The molecule has 0 unspecified atom stereocenters. The topological polar surface area (TPSA) is 132 Å². The predicted molar refractivity (Wildman–Crippen MR) is 473 cm³/mol. The fourth-order valence-electron chi connectivity index (χ4n) is 16.4. The SMILES string of the molecule is N#Cc1cc(C#N)cc(-c2nc(-c3ccc(-n4c5ccccc5c5ccccc54)cc3)ccc2-c2ccc(-n3c4ccccc4c4ccccc43)cc2)c1.c1ccc(-c2cnc(-c3ccc(-n4c5ccccc5c5ccccc54)cc3)nc2)cc1.c1ccc(-c2ncc(-c3ccc(-n4c5ccccc5c5ccccc54)cc3)cn2)cc1. The molecule has 0 spiro atoms. The van der Waals surface area contributed by atoms with Gasteiger partial charge in [-0.15, -0.1) is 0 Å². The van der Waals surface area contributed by atoms with Crippen molar-refractivity contribution >= 4 is 87.2 Å². The van der Waals surface area contributed by atoms with E-state index in [2.05, 4.69) is 366 Å². The molecule has 7 heterocycles. The van der Waals surface area contributed by atoms with E-state index in [4.69, 9.17) is 4.98 Å². The summed E-state index contributed by atoms with van der Waals surface area (Å²) in [6, 6.07) is 136. The maximum absolute atomic E-state index is 9.87. The van der Waals surface area contributed by atoms with E-state index in [1.165, 1.54) is 65.2 Å². The molecule has 0 N–H and O–H groups in total. The molecule has 542 valence electrons. The van der Waals surface area contributed by atoms with Gasteiger partial charge in [0.2, 0.25) is 0 Å². The van der Waals surface area contributed by atoms with Crippen LogP contribution in [0.25, 0.3) is 189 Å². The summed E-state index contributed by atoms with van der Waals surface area (Å²) in [5.41, 5.74) is 26.0. The highest BCUT2D eigenvalue weighted by Gasteiger charge is 2.20. The van der Waals surface area contributed by atoms with Gasteiger partial charge in [-0.3, -0.25) is 0 Å². The van der Waals surface area contributed by atoms with Crippen LogP contribution in [0.2, 0.25) is 0 Å². The van der Waals surface area contributed by atoms with Crippen LogP contribution in [0.1, 0.15) is 11.1 Å². The first-order valence-corrected chi connectivity index (χ1v) is 38.5. The Morgan fingerprint density at radius 2 is 0.466 bits per heavy atom. The van der Waals surface area contributed by atoms with Crippen LogP contribution >= 0.6 is 0 Å². The van der Waals surface area contributed by atoms with Crippen molar-refractivity contribution in [2.75, 3.05) is 0 Å². The van der Waals surface area contributed by atoms with Gasteiger partial charge in [0.15, 0.2) is 11.6 Å². The number of nitriles is 2. The summed E-state index contributed by atoms with van der Waals surface area (Å²) in [4.78, 5) is 23.6. The monoisotopic (exact) mass is 1480 g/mol. The maximum Gasteiger partial charge on any atom is 0.159 e. The molecule has 0 aliphatic carbocycles. The predicted octanol–water partition coefficient (Wildman–Crippen LogP) is 25.8. The second-order valence-corrected chi connectivity index (χ2v) is 28.6. The standard InChI is InChI=1S/C49H29N5.2C28H19N3/c50-30-32-27-33(31-51)29-36(28-32)49-39(34-17-21-37(22-18-34)53-45-13-5-1-9-40(45)41-10-2-6-14-46(41)53)25-26-44(52-49)35-19-23-38(24-20-35)54-47-15-7-3-11-42(47)43-12-4-8-16-48(43)54;1-2-8-21(9-3-1)28-29-18-22(19-30-28)20-14-16-23(17-15-20)31-26-12-6-4-10-24(26)25-11-5-7-13-27(25)31;1-2-8-20(9-3-1)22-18-29-28(30-19-22)21-14-16-23(17-15-21)31-26-12-6-4-10-24(26)25-11-5-7-13-27(25)31/h1-29H;2*1-19H. The van der Waals surface area contributed by atoms with Crippen LogP contribution in [0.4, 0.5) is 0 Å². The molecule has 0 saturated heterocycles. The van der Waals surface area contributed by atoms with E-state index in [0.29, 0.717) is 16.8 Å². The molecule has 0 saturated carbocycles. The third kappa shape index (κ3) is 12.7. The first kappa shape index (κ1) is 69.0. The summed E-state index contributed by atoms with van der Waals surface area (Å²) < 4.78 is 9.24. The van der Waals surface area contributed by atoms with Crippen molar-refractivity contribution in [1.82, 2.24) is 43.2 Å². The smallest absolute Gasteiger partial charge is 0.159 e.